The first-order valence-corrected chi connectivity index (χ1v) is 8.97. The fourth-order valence-electron chi connectivity index (χ4n) is 2.16. The van der Waals surface area contributed by atoms with Gasteiger partial charge >= 0.3 is 0 Å². The van der Waals surface area contributed by atoms with Gasteiger partial charge in [0.25, 0.3) is 11.8 Å². The predicted molar refractivity (Wildman–Crippen MR) is 111 cm³/mol. The van der Waals surface area contributed by atoms with Crippen LogP contribution in [0.25, 0.3) is 0 Å². The molecule has 0 saturated heterocycles. The molecule has 0 saturated carbocycles. The number of rotatable bonds is 9. The minimum Gasteiger partial charge on any atom is -0.483 e. The van der Waals surface area contributed by atoms with E-state index >= 15 is 0 Å². The van der Waals surface area contributed by atoms with E-state index in [4.69, 9.17) is 9.47 Å². The number of carbonyl (C=O) groups is 2. The third-order valence-corrected chi connectivity index (χ3v) is 3.70. The van der Waals surface area contributed by atoms with Crippen molar-refractivity contribution in [2.45, 2.75) is 20.8 Å². The number of amides is 2. The van der Waals surface area contributed by atoms with E-state index in [2.05, 4.69) is 21.1 Å². The van der Waals surface area contributed by atoms with Crippen molar-refractivity contribution in [3.8, 4) is 11.5 Å². The van der Waals surface area contributed by atoms with Crippen LogP contribution >= 0.6 is 0 Å². The van der Waals surface area contributed by atoms with Gasteiger partial charge in [-0.3, -0.25) is 9.59 Å². The summed E-state index contributed by atoms with van der Waals surface area (Å²) < 4.78 is 10.8. The standard InChI is InChI=1S/C21H24N4O4/c1-15-8-4-6-10-18(15)28-13-20(26)24-22-12-17(3)23-25-21(27)14-29-19-11-7-5-9-16(19)2/h4-12H,13-14H2,1-3H3,(H,24,26)(H,25,27)/b22-12+,23-17+. The highest BCUT2D eigenvalue weighted by molar-refractivity contribution is 6.29. The number of benzene rings is 2. The molecule has 0 unspecified atom stereocenters. The summed E-state index contributed by atoms with van der Waals surface area (Å²) in [6.45, 7) is 5.09. The third-order valence-electron chi connectivity index (χ3n) is 3.70. The number of hydrogen-bond acceptors (Lipinski definition) is 6. The van der Waals surface area contributed by atoms with Crippen LogP contribution in [-0.4, -0.2) is 37.0 Å². The van der Waals surface area contributed by atoms with Gasteiger partial charge in [-0.05, 0) is 44.0 Å². The van der Waals surface area contributed by atoms with E-state index in [0.29, 0.717) is 17.2 Å². The molecule has 0 heterocycles. The predicted octanol–water partition coefficient (Wildman–Crippen LogP) is 2.36. The molecule has 0 aliphatic heterocycles. The van der Waals surface area contributed by atoms with Crippen LogP contribution in [0.3, 0.4) is 0 Å². The highest BCUT2D eigenvalue weighted by Gasteiger charge is 2.04. The molecule has 0 atom stereocenters. The molecule has 2 rings (SSSR count). The number of nitrogens with zero attached hydrogens (tertiary/aromatic N) is 2. The smallest absolute Gasteiger partial charge is 0.277 e. The fourth-order valence-corrected chi connectivity index (χ4v) is 2.16. The van der Waals surface area contributed by atoms with Crippen molar-refractivity contribution in [2.24, 2.45) is 10.2 Å². The number of nitrogens with one attached hydrogen (secondary N) is 2. The number of aryl methyl sites for hydroxylation is 2. The van der Waals surface area contributed by atoms with Crippen LogP contribution in [-0.2, 0) is 9.59 Å². The lowest BCUT2D eigenvalue weighted by Gasteiger charge is -2.07. The summed E-state index contributed by atoms with van der Waals surface area (Å²) in [5, 5.41) is 7.64. The van der Waals surface area contributed by atoms with Gasteiger partial charge in [0.15, 0.2) is 13.2 Å². The Kier molecular flexibility index (Phi) is 8.37. The quantitative estimate of drug-likeness (QED) is 0.502. The summed E-state index contributed by atoms with van der Waals surface area (Å²) in [5.41, 5.74) is 6.97. The van der Waals surface area contributed by atoms with E-state index in [9.17, 15) is 9.59 Å². The Morgan fingerprint density at radius 1 is 0.862 bits per heavy atom. The molecule has 0 fully saturated rings. The normalized spacial score (nSPS) is 11.2. The molecular formula is C21H24N4O4. The van der Waals surface area contributed by atoms with Gasteiger partial charge in [0.2, 0.25) is 0 Å². The Hall–Kier alpha value is -3.68. The Morgan fingerprint density at radius 3 is 1.86 bits per heavy atom. The Labute approximate surface area is 169 Å². The van der Waals surface area contributed by atoms with Gasteiger partial charge in [-0.15, -0.1) is 0 Å². The van der Waals surface area contributed by atoms with Crippen LogP contribution in [0.2, 0.25) is 0 Å². The zero-order valence-corrected chi connectivity index (χ0v) is 16.6. The van der Waals surface area contributed by atoms with Gasteiger partial charge in [-0.1, -0.05) is 36.4 Å². The molecule has 2 N–H and O–H groups in total. The maximum absolute atomic E-state index is 11.8. The minimum atomic E-state index is -0.409. The average molecular weight is 396 g/mol. The Balaban J connectivity index is 1.69. The van der Waals surface area contributed by atoms with Gasteiger partial charge in [-0.25, -0.2) is 10.9 Å². The number of carbonyl (C=O) groups excluding carboxylic acids is 2. The van der Waals surface area contributed by atoms with Crippen LogP contribution in [0, 0.1) is 13.8 Å². The highest BCUT2D eigenvalue weighted by atomic mass is 16.5. The van der Waals surface area contributed by atoms with Crippen molar-refractivity contribution in [2.75, 3.05) is 13.2 Å². The third kappa shape index (κ3) is 7.84. The summed E-state index contributed by atoms with van der Waals surface area (Å²) in [6.07, 6.45) is 1.31. The number of hydrazone groups is 2. The molecule has 0 aliphatic rings. The second kappa shape index (κ2) is 11.2. The molecule has 8 nitrogen and oxygen atoms in total. The summed E-state index contributed by atoms with van der Waals surface area (Å²) in [4.78, 5) is 23.5. The topological polar surface area (TPSA) is 101 Å². The molecular weight excluding hydrogens is 372 g/mol. The van der Waals surface area contributed by atoms with Crippen molar-refractivity contribution >= 4 is 23.7 Å². The lowest BCUT2D eigenvalue weighted by Crippen LogP contribution is -2.27. The van der Waals surface area contributed by atoms with Crippen LogP contribution in [0.5, 0.6) is 11.5 Å². The van der Waals surface area contributed by atoms with Crippen molar-refractivity contribution in [1.82, 2.24) is 10.9 Å². The SMILES string of the molecule is CC(/C=N/NC(=O)COc1ccccc1C)=N\NC(=O)COc1ccccc1C. The first-order valence-electron chi connectivity index (χ1n) is 8.97. The van der Waals surface area contributed by atoms with Crippen LogP contribution in [0.15, 0.2) is 58.7 Å². The summed E-state index contributed by atoms with van der Waals surface area (Å²) in [7, 11) is 0. The minimum absolute atomic E-state index is 0.161. The van der Waals surface area contributed by atoms with E-state index in [0.717, 1.165) is 11.1 Å². The number of ether oxygens (including phenoxy) is 2. The number of para-hydroxylation sites is 2. The van der Waals surface area contributed by atoms with Crippen molar-refractivity contribution in [3.05, 3.63) is 59.7 Å². The van der Waals surface area contributed by atoms with E-state index in [1.165, 1.54) is 6.21 Å². The van der Waals surface area contributed by atoms with Gasteiger partial charge in [0.1, 0.15) is 11.5 Å². The van der Waals surface area contributed by atoms with Crippen LogP contribution < -0.4 is 20.3 Å². The monoisotopic (exact) mass is 396 g/mol. The highest BCUT2D eigenvalue weighted by Crippen LogP contribution is 2.16. The summed E-state index contributed by atoms with van der Waals surface area (Å²) >= 11 is 0. The average Bonchev–Trinajstić information content (AvgIpc) is 2.71. The molecule has 0 bridgehead atoms. The summed E-state index contributed by atoms with van der Waals surface area (Å²) in [5.74, 6) is 0.463. The van der Waals surface area contributed by atoms with Crippen molar-refractivity contribution in [3.63, 3.8) is 0 Å². The first-order chi connectivity index (χ1) is 14.0. The lowest BCUT2D eigenvalue weighted by molar-refractivity contribution is -0.123. The van der Waals surface area contributed by atoms with E-state index in [-0.39, 0.29) is 13.2 Å². The van der Waals surface area contributed by atoms with Crippen molar-refractivity contribution < 1.29 is 19.1 Å². The van der Waals surface area contributed by atoms with Gasteiger partial charge in [0.05, 0.1) is 11.9 Å². The zero-order valence-electron chi connectivity index (χ0n) is 16.6. The van der Waals surface area contributed by atoms with Crippen LogP contribution in [0.4, 0.5) is 0 Å². The molecule has 0 aromatic heterocycles. The largest absolute Gasteiger partial charge is 0.483 e. The van der Waals surface area contributed by atoms with Crippen molar-refractivity contribution in [1.29, 1.82) is 0 Å². The molecule has 29 heavy (non-hydrogen) atoms. The molecule has 2 aromatic carbocycles. The van der Waals surface area contributed by atoms with Gasteiger partial charge in [-0.2, -0.15) is 10.2 Å². The van der Waals surface area contributed by atoms with E-state index in [1.807, 2.05) is 50.2 Å². The second-order valence-corrected chi connectivity index (χ2v) is 6.19. The Morgan fingerprint density at radius 2 is 1.34 bits per heavy atom. The zero-order chi connectivity index (χ0) is 21.1. The molecule has 0 radical (unpaired) electrons. The van der Waals surface area contributed by atoms with E-state index in [1.54, 1.807) is 19.1 Å². The molecule has 8 heteroatoms. The number of hydrogen-bond donors (Lipinski definition) is 2. The maximum Gasteiger partial charge on any atom is 0.277 e. The second-order valence-electron chi connectivity index (χ2n) is 6.19. The molecule has 0 aliphatic carbocycles. The summed E-state index contributed by atoms with van der Waals surface area (Å²) in [6, 6.07) is 14.8. The molecule has 0 spiro atoms. The Bertz CT molecular complexity index is 909. The lowest BCUT2D eigenvalue weighted by atomic mass is 10.2. The molecule has 2 aromatic rings. The van der Waals surface area contributed by atoms with Crippen LogP contribution in [0.1, 0.15) is 18.1 Å². The molecule has 152 valence electrons. The van der Waals surface area contributed by atoms with Gasteiger partial charge < -0.3 is 9.47 Å². The molecule has 2 amide bonds. The first kappa shape index (κ1) is 21.6. The fraction of sp³-hybridized carbons (Fsp3) is 0.238. The maximum atomic E-state index is 11.8. The van der Waals surface area contributed by atoms with E-state index < -0.39 is 11.8 Å². The van der Waals surface area contributed by atoms with Gasteiger partial charge in [0, 0.05) is 0 Å².